The highest BCUT2D eigenvalue weighted by Crippen LogP contribution is 2.38. The van der Waals surface area contributed by atoms with E-state index in [9.17, 15) is 0 Å². The van der Waals surface area contributed by atoms with E-state index in [2.05, 4.69) is 82.2 Å². The first-order valence-electron chi connectivity index (χ1n) is 18.8. The summed E-state index contributed by atoms with van der Waals surface area (Å²) >= 11 is 3.26. The monoisotopic (exact) mass is 796 g/mol. The molecule has 58 heavy (non-hydrogen) atoms. The van der Waals surface area contributed by atoms with Crippen LogP contribution in [0.4, 0.5) is 34.4 Å². The van der Waals surface area contributed by atoms with Crippen molar-refractivity contribution in [2.24, 2.45) is 0 Å². The highest BCUT2D eigenvalue weighted by Gasteiger charge is 2.14. The summed E-state index contributed by atoms with van der Waals surface area (Å²) in [6.45, 7) is 8.47. The quantitative estimate of drug-likeness (QED) is 0.0769. The molecule has 6 N–H and O–H groups in total. The van der Waals surface area contributed by atoms with E-state index in [0.29, 0.717) is 34.3 Å². The number of fused-ring (bicyclic) bond motifs is 2. The molecule has 0 radical (unpaired) electrons. The molecule has 4 aromatic carbocycles. The van der Waals surface area contributed by atoms with Crippen LogP contribution in [-0.2, 0) is 0 Å². The van der Waals surface area contributed by atoms with Gasteiger partial charge in [0.25, 0.3) is 0 Å². The molecule has 8 rings (SSSR count). The molecule has 0 aliphatic rings. The number of nitrogens with one attached hydrogen (secondary N) is 2. The third kappa shape index (κ3) is 8.81. The summed E-state index contributed by atoms with van der Waals surface area (Å²) in [7, 11) is 0. The van der Waals surface area contributed by atoms with Crippen LogP contribution in [0.25, 0.3) is 22.1 Å². The lowest BCUT2D eigenvalue weighted by Gasteiger charge is -2.14. The Labute approximate surface area is 345 Å². The molecule has 0 spiro atoms. The van der Waals surface area contributed by atoms with E-state index in [4.69, 9.17) is 21.4 Å². The van der Waals surface area contributed by atoms with Crippen LogP contribution < -0.4 is 22.1 Å². The smallest absolute Gasteiger partial charge is 0.164 e. The molecule has 0 fully saturated rings. The minimum atomic E-state index is 0.280. The first kappa shape index (κ1) is 38.2. The Morgan fingerprint density at radius 1 is 0.500 bits per heavy atom. The average Bonchev–Trinajstić information content (AvgIpc) is 3.23. The van der Waals surface area contributed by atoms with Gasteiger partial charge in [0.2, 0.25) is 0 Å². The summed E-state index contributed by atoms with van der Waals surface area (Å²) in [5, 5.41) is 8.83. The van der Waals surface area contributed by atoms with Crippen molar-refractivity contribution in [2.45, 2.75) is 59.1 Å². The molecular formula is C46H40N10S2. The standard InChI is InChI=1S/C46H40N10S2/c1-27(2)37-19-17-35-43(53-37)49-25-51-45(35)55-39-23-29(7-21-41(39)57-33-13-9-31(47)10-14-33)5-6-30-8-22-42(58-34-15-11-32(48)12-16-34)40(24-30)56-46-36-18-20-38(28(3)4)54-44(36)50-26-52-46/h7-28H,47-48H2,1-4H3,(H,49,51,53,55)(H,50,52,54,56). The molecule has 0 unspecified atom stereocenters. The maximum atomic E-state index is 5.99. The molecule has 0 saturated carbocycles. The zero-order chi connectivity index (χ0) is 40.2. The molecule has 0 bridgehead atoms. The van der Waals surface area contributed by atoms with Crippen LogP contribution in [-0.4, -0.2) is 29.9 Å². The van der Waals surface area contributed by atoms with Crippen molar-refractivity contribution in [3.63, 3.8) is 0 Å². The third-order valence-corrected chi connectivity index (χ3v) is 11.4. The summed E-state index contributed by atoms with van der Waals surface area (Å²) in [5.74, 6) is 8.70. The summed E-state index contributed by atoms with van der Waals surface area (Å²) in [6, 6.07) is 36.1. The Hall–Kier alpha value is -6.68. The van der Waals surface area contributed by atoms with Crippen molar-refractivity contribution in [3.05, 3.63) is 144 Å². The van der Waals surface area contributed by atoms with E-state index < -0.39 is 0 Å². The minimum absolute atomic E-state index is 0.280. The van der Waals surface area contributed by atoms with Crippen molar-refractivity contribution in [3.8, 4) is 11.8 Å². The molecule has 4 heterocycles. The second kappa shape index (κ2) is 16.8. The Bertz CT molecular complexity index is 2640. The van der Waals surface area contributed by atoms with Gasteiger partial charge >= 0.3 is 0 Å². The molecule has 0 saturated heterocycles. The van der Waals surface area contributed by atoms with E-state index in [0.717, 1.165) is 64.2 Å². The van der Waals surface area contributed by atoms with Crippen molar-refractivity contribution in [1.82, 2.24) is 29.9 Å². The number of hydrogen-bond acceptors (Lipinski definition) is 12. The Morgan fingerprint density at radius 2 is 0.914 bits per heavy atom. The largest absolute Gasteiger partial charge is 0.399 e. The van der Waals surface area contributed by atoms with E-state index in [1.807, 2.05) is 97.1 Å². The molecular weight excluding hydrogens is 757 g/mol. The lowest BCUT2D eigenvalue weighted by atomic mass is 10.1. The third-order valence-electron chi connectivity index (χ3n) is 9.25. The predicted molar refractivity (Wildman–Crippen MR) is 238 cm³/mol. The molecule has 4 aromatic heterocycles. The van der Waals surface area contributed by atoms with Gasteiger partial charge in [0.05, 0.1) is 22.1 Å². The topological polar surface area (TPSA) is 153 Å². The van der Waals surface area contributed by atoms with Gasteiger partial charge in [0, 0.05) is 53.5 Å². The lowest BCUT2D eigenvalue weighted by molar-refractivity contribution is 0.827. The first-order chi connectivity index (χ1) is 28.1. The highest BCUT2D eigenvalue weighted by molar-refractivity contribution is 7.99. The van der Waals surface area contributed by atoms with Gasteiger partial charge in [-0.15, -0.1) is 0 Å². The van der Waals surface area contributed by atoms with Gasteiger partial charge in [-0.1, -0.05) is 63.1 Å². The Morgan fingerprint density at radius 3 is 1.31 bits per heavy atom. The van der Waals surface area contributed by atoms with Crippen LogP contribution >= 0.6 is 23.5 Å². The number of rotatable bonds is 10. The number of nitrogen functional groups attached to an aromatic ring is 2. The zero-order valence-corrected chi connectivity index (χ0v) is 34.0. The molecule has 8 aromatic rings. The van der Waals surface area contributed by atoms with Crippen molar-refractivity contribution in [1.29, 1.82) is 0 Å². The number of nitrogens with zero attached hydrogens (tertiary/aromatic N) is 6. The van der Waals surface area contributed by atoms with E-state index in [1.54, 1.807) is 36.2 Å². The fourth-order valence-corrected chi connectivity index (χ4v) is 7.83. The van der Waals surface area contributed by atoms with Gasteiger partial charge in [-0.2, -0.15) is 0 Å². The second-order valence-electron chi connectivity index (χ2n) is 14.2. The summed E-state index contributed by atoms with van der Waals surface area (Å²) in [4.78, 5) is 31.9. The van der Waals surface area contributed by atoms with Gasteiger partial charge in [-0.25, -0.2) is 29.9 Å². The van der Waals surface area contributed by atoms with Gasteiger partial charge in [-0.3, -0.25) is 0 Å². The number of hydrogen-bond donors (Lipinski definition) is 4. The van der Waals surface area contributed by atoms with E-state index in [-0.39, 0.29) is 11.8 Å². The van der Waals surface area contributed by atoms with E-state index >= 15 is 0 Å². The van der Waals surface area contributed by atoms with Crippen LogP contribution in [0.1, 0.15) is 62.0 Å². The second-order valence-corrected chi connectivity index (χ2v) is 16.5. The van der Waals surface area contributed by atoms with Crippen LogP contribution in [0.5, 0.6) is 0 Å². The van der Waals surface area contributed by atoms with Crippen LogP contribution in [0.3, 0.4) is 0 Å². The number of benzene rings is 4. The SMILES string of the molecule is CC(C)c1ccc2c(Nc3cc(C#Cc4ccc(Sc5ccc(N)cc5)c(Nc5ncnc6nc(C(C)C)ccc56)c4)ccc3Sc3ccc(N)cc3)ncnc2n1. The summed E-state index contributed by atoms with van der Waals surface area (Å²) in [6.07, 6.45) is 3.09. The normalized spacial score (nSPS) is 11.2. The average molecular weight is 797 g/mol. The van der Waals surface area contributed by atoms with Crippen molar-refractivity contribution >= 4 is 80.0 Å². The predicted octanol–water partition coefficient (Wildman–Crippen LogP) is 11.0. The molecule has 0 aliphatic heterocycles. The number of nitrogens with two attached hydrogens (primary N) is 2. The zero-order valence-electron chi connectivity index (χ0n) is 32.4. The van der Waals surface area contributed by atoms with E-state index in [1.165, 1.54) is 0 Å². The highest BCUT2D eigenvalue weighted by atomic mass is 32.2. The number of aromatic nitrogens is 6. The maximum Gasteiger partial charge on any atom is 0.164 e. The molecule has 0 aliphatic carbocycles. The van der Waals surface area contributed by atoms with Gasteiger partial charge in [-0.05, 0) is 121 Å². The molecule has 0 amide bonds. The van der Waals surface area contributed by atoms with Crippen LogP contribution in [0, 0.1) is 11.8 Å². The first-order valence-corrected chi connectivity index (χ1v) is 20.4. The maximum absolute atomic E-state index is 5.99. The van der Waals surface area contributed by atoms with Crippen molar-refractivity contribution in [2.75, 3.05) is 22.1 Å². The number of pyridine rings is 2. The summed E-state index contributed by atoms with van der Waals surface area (Å²) in [5.41, 5.74) is 20.0. The molecule has 286 valence electrons. The Kier molecular flexibility index (Phi) is 11.1. The molecule has 10 nitrogen and oxygen atoms in total. The minimum Gasteiger partial charge on any atom is -0.399 e. The van der Waals surface area contributed by atoms with Gasteiger partial charge in [0.15, 0.2) is 11.3 Å². The van der Waals surface area contributed by atoms with Crippen LogP contribution in [0.15, 0.2) is 141 Å². The summed E-state index contributed by atoms with van der Waals surface area (Å²) < 4.78 is 0. The van der Waals surface area contributed by atoms with Gasteiger partial charge in [0.1, 0.15) is 24.3 Å². The fourth-order valence-electron chi connectivity index (χ4n) is 6.07. The lowest BCUT2D eigenvalue weighted by Crippen LogP contribution is -2.01. The molecule has 0 atom stereocenters. The van der Waals surface area contributed by atoms with Crippen molar-refractivity contribution < 1.29 is 0 Å². The molecule has 12 heteroatoms. The fraction of sp³-hybridized carbons (Fsp3) is 0.130. The van der Waals surface area contributed by atoms with Gasteiger partial charge < -0.3 is 22.1 Å². The number of anilines is 6. The Balaban J connectivity index is 1.15. The van der Waals surface area contributed by atoms with Crippen LogP contribution in [0.2, 0.25) is 0 Å².